The zero-order valence-corrected chi connectivity index (χ0v) is 21.6. The molecule has 0 aromatic heterocycles. The summed E-state index contributed by atoms with van der Waals surface area (Å²) in [5.74, 6) is -0.276. The summed E-state index contributed by atoms with van der Waals surface area (Å²) in [6, 6.07) is 16.2. The van der Waals surface area contributed by atoms with Crippen molar-refractivity contribution in [1.82, 2.24) is 0 Å². The number of para-hydroxylation sites is 1. The molecule has 0 radical (unpaired) electrons. The van der Waals surface area contributed by atoms with Gasteiger partial charge >= 0.3 is 5.97 Å². The number of esters is 1. The van der Waals surface area contributed by atoms with Crippen molar-refractivity contribution in [2.75, 3.05) is 36.5 Å². The van der Waals surface area contributed by atoms with Crippen molar-refractivity contribution in [2.45, 2.75) is 24.3 Å². The number of fused-ring (bicyclic) bond motifs is 2. The van der Waals surface area contributed by atoms with Crippen molar-refractivity contribution >= 4 is 33.3 Å². The average Bonchev–Trinajstić information content (AvgIpc) is 3.37. The summed E-state index contributed by atoms with van der Waals surface area (Å²) in [7, 11) is -2.60. The summed E-state index contributed by atoms with van der Waals surface area (Å²) >= 11 is 0. The molecule has 2 aliphatic heterocycles. The van der Waals surface area contributed by atoms with Gasteiger partial charge in [-0.1, -0.05) is 18.2 Å². The van der Waals surface area contributed by atoms with Gasteiger partial charge in [0.05, 0.1) is 17.7 Å². The Bertz CT molecular complexity index is 1500. The Kier molecular flexibility index (Phi) is 6.85. The van der Waals surface area contributed by atoms with Gasteiger partial charge in [0.2, 0.25) is 0 Å². The SMILES string of the molecule is COc1ccc(S(=O)(=O)N2CCc3ccccc32)cc1C(=O)OC(C)C(=O)Nc1ccc2c(c1)OCCO2. The van der Waals surface area contributed by atoms with Gasteiger partial charge < -0.3 is 24.3 Å². The van der Waals surface area contributed by atoms with Crippen LogP contribution in [0.4, 0.5) is 11.4 Å². The van der Waals surface area contributed by atoms with E-state index in [4.69, 9.17) is 18.9 Å². The first-order valence-electron chi connectivity index (χ1n) is 12.0. The van der Waals surface area contributed by atoms with Gasteiger partial charge in [0.15, 0.2) is 17.6 Å². The summed E-state index contributed by atoms with van der Waals surface area (Å²) in [4.78, 5) is 25.7. The molecule has 0 fully saturated rings. The Hall–Kier alpha value is -4.25. The van der Waals surface area contributed by atoms with E-state index in [-0.39, 0.29) is 16.2 Å². The van der Waals surface area contributed by atoms with Crippen molar-refractivity contribution in [3.63, 3.8) is 0 Å². The molecule has 0 aliphatic carbocycles. The van der Waals surface area contributed by atoms with Gasteiger partial charge in [-0.3, -0.25) is 9.10 Å². The number of anilines is 2. The van der Waals surface area contributed by atoms with E-state index in [0.717, 1.165) is 5.56 Å². The van der Waals surface area contributed by atoms with Gasteiger partial charge in [0.1, 0.15) is 24.5 Å². The Morgan fingerprint density at radius 2 is 1.76 bits per heavy atom. The molecule has 1 unspecified atom stereocenters. The van der Waals surface area contributed by atoms with Crippen LogP contribution in [0, 0.1) is 0 Å². The minimum atomic E-state index is -3.96. The predicted octanol–water partition coefficient (Wildman–Crippen LogP) is 3.40. The monoisotopic (exact) mass is 538 g/mol. The number of hydrogen-bond donors (Lipinski definition) is 1. The van der Waals surface area contributed by atoms with Gasteiger partial charge in [-0.15, -0.1) is 0 Å². The van der Waals surface area contributed by atoms with Crippen LogP contribution in [-0.4, -0.2) is 53.3 Å². The zero-order valence-electron chi connectivity index (χ0n) is 20.8. The lowest BCUT2D eigenvalue weighted by atomic mass is 10.2. The Morgan fingerprint density at radius 3 is 2.55 bits per heavy atom. The lowest BCUT2D eigenvalue weighted by molar-refractivity contribution is -0.123. The summed E-state index contributed by atoms with van der Waals surface area (Å²) in [6.07, 6.45) is -0.595. The zero-order chi connectivity index (χ0) is 26.9. The highest BCUT2D eigenvalue weighted by atomic mass is 32.2. The fourth-order valence-electron chi connectivity index (χ4n) is 4.33. The Labute approximate surface area is 220 Å². The third-order valence-corrected chi connectivity index (χ3v) is 8.10. The van der Waals surface area contributed by atoms with Crippen LogP contribution >= 0.6 is 0 Å². The topological polar surface area (TPSA) is 120 Å². The number of sulfonamides is 1. The lowest BCUT2D eigenvalue weighted by Gasteiger charge is -2.21. The second-order valence-corrected chi connectivity index (χ2v) is 10.6. The van der Waals surface area contributed by atoms with Crippen molar-refractivity contribution < 1.29 is 37.0 Å². The first-order valence-corrected chi connectivity index (χ1v) is 13.4. The van der Waals surface area contributed by atoms with E-state index in [1.54, 1.807) is 30.3 Å². The normalized spacial score (nSPS) is 14.8. The molecular weight excluding hydrogens is 512 g/mol. The van der Waals surface area contributed by atoms with Crippen LogP contribution < -0.4 is 23.8 Å². The van der Waals surface area contributed by atoms with E-state index in [2.05, 4.69) is 5.32 Å². The molecule has 5 rings (SSSR count). The van der Waals surface area contributed by atoms with Crippen molar-refractivity contribution in [1.29, 1.82) is 0 Å². The number of nitrogens with zero attached hydrogens (tertiary/aromatic N) is 1. The van der Waals surface area contributed by atoms with E-state index in [1.165, 1.54) is 36.5 Å². The minimum Gasteiger partial charge on any atom is -0.496 e. The number of ether oxygens (including phenoxy) is 4. The second kappa shape index (κ2) is 10.3. The van der Waals surface area contributed by atoms with Crippen LogP contribution in [0.15, 0.2) is 65.6 Å². The third-order valence-electron chi connectivity index (χ3n) is 6.29. The molecule has 0 bridgehead atoms. The highest BCUT2D eigenvalue weighted by Crippen LogP contribution is 2.35. The molecule has 0 spiro atoms. The summed E-state index contributed by atoms with van der Waals surface area (Å²) in [6.45, 7) is 2.56. The smallest absolute Gasteiger partial charge is 0.342 e. The molecule has 0 saturated carbocycles. The number of carbonyl (C=O) groups excluding carboxylic acids is 2. The summed E-state index contributed by atoms with van der Waals surface area (Å²) < 4.78 is 49.9. The average molecular weight is 539 g/mol. The van der Waals surface area contributed by atoms with Crippen molar-refractivity contribution in [3.05, 3.63) is 71.8 Å². The first-order chi connectivity index (χ1) is 18.3. The van der Waals surface area contributed by atoms with E-state index < -0.39 is 28.0 Å². The second-order valence-electron chi connectivity index (χ2n) is 8.71. The Morgan fingerprint density at radius 1 is 1.00 bits per heavy atom. The quantitative estimate of drug-likeness (QED) is 0.455. The van der Waals surface area contributed by atoms with Crippen LogP contribution in [0.5, 0.6) is 17.2 Å². The van der Waals surface area contributed by atoms with E-state index >= 15 is 0 Å². The number of rotatable bonds is 7. The van der Waals surface area contributed by atoms with Gasteiger partial charge in [-0.25, -0.2) is 13.2 Å². The molecule has 10 nitrogen and oxygen atoms in total. The molecule has 1 amide bonds. The van der Waals surface area contributed by atoms with Gasteiger partial charge in [-0.05, 0) is 55.3 Å². The summed E-state index contributed by atoms with van der Waals surface area (Å²) in [5, 5.41) is 2.67. The molecular formula is C27H26N2O8S. The molecule has 198 valence electrons. The van der Waals surface area contributed by atoms with Crippen LogP contribution in [0.25, 0.3) is 0 Å². The van der Waals surface area contributed by atoms with E-state index in [1.807, 2.05) is 12.1 Å². The maximum atomic E-state index is 13.5. The maximum absolute atomic E-state index is 13.5. The van der Waals surface area contributed by atoms with Gasteiger partial charge in [0, 0.05) is 18.3 Å². The molecule has 2 heterocycles. The minimum absolute atomic E-state index is 0.0877. The highest BCUT2D eigenvalue weighted by molar-refractivity contribution is 7.92. The van der Waals surface area contributed by atoms with E-state index in [0.29, 0.717) is 49.1 Å². The Balaban J connectivity index is 1.33. The van der Waals surface area contributed by atoms with Gasteiger partial charge in [-0.2, -0.15) is 0 Å². The number of methoxy groups -OCH3 is 1. The predicted molar refractivity (Wildman–Crippen MR) is 139 cm³/mol. The highest BCUT2D eigenvalue weighted by Gasteiger charge is 2.32. The van der Waals surface area contributed by atoms with E-state index in [9.17, 15) is 18.0 Å². The van der Waals surface area contributed by atoms with Crippen molar-refractivity contribution in [3.8, 4) is 17.2 Å². The molecule has 11 heteroatoms. The number of hydrogen-bond acceptors (Lipinski definition) is 8. The first kappa shape index (κ1) is 25.4. The standard InChI is InChI=1S/C27H26N2O8S/c1-17(26(30)28-19-7-9-24-25(15-19)36-14-13-35-24)37-27(31)21-16-20(8-10-23(21)34-2)38(32,33)29-12-11-18-5-3-4-6-22(18)29/h3-10,15-17H,11-14H2,1-2H3,(H,28,30). The molecule has 1 N–H and O–H groups in total. The molecule has 1 atom stereocenters. The summed E-state index contributed by atoms with van der Waals surface area (Å²) in [5.41, 5.74) is 1.87. The molecule has 2 aliphatic rings. The molecule has 0 saturated heterocycles. The van der Waals surface area contributed by atoms with Crippen LogP contribution in [0.2, 0.25) is 0 Å². The van der Waals surface area contributed by atoms with Crippen LogP contribution in [-0.2, 0) is 26.0 Å². The number of amides is 1. The third kappa shape index (κ3) is 4.84. The van der Waals surface area contributed by atoms with Crippen molar-refractivity contribution in [2.24, 2.45) is 0 Å². The maximum Gasteiger partial charge on any atom is 0.342 e. The molecule has 3 aromatic carbocycles. The lowest BCUT2D eigenvalue weighted by Crippen LogP contribution is -2.31. The molecule has 38 heavy (non-hydrogen) atoms. The molecule has 3 aromatic rings. The fraction of sp³-hybridized carbons (Fsp3) is 0.259. The number of nitrogens with one attached hydrogen (secondary N) is 1. The fourth-order valence-corrected chi connectivity index (χ4v) is 5.86. The van der Waals surface area contributed by atoms with Gasteiger partial charge in [0.25, 0.3) is 15.9 Å². The van der Waals surface area contributed by atoms with Crippen LogP contribution in [0.1, 0.15) is 22.8 Å². The largest absolute Gasteiger partial charge is 0.496 e. The van der Waals surface area contributed by atoms with Crippen LogP contribution in [0.3, 0.4) is 0 Å². The number of benzene rings is 3. The number of carbonyl (C=O) groups is 2.